The van der Waals surface area contributed by atoms with Crippen molar-refractivity contribution in [3.63, 3.8) is 0 Å². The van der Waals surface area contributed by atoms with E-state index in [4.69, 9.17) is 5.73 Å². The molecule has 144 valence electrons. The number of amides is 1. The number of likely N-dealkylation sites (N-methyl/N-ethyl adjacent to an activating group) is 1. The lowest BCUT2D eigenvalue weighted by molar-refractivity contribution is -0.133. The van der Waals surface area contributed by atoms with Crippen LogP contribution in [-0.2, 0) is 17.9 Å². The standard InChI is InChI=1S/C20H27N5O2/c1-24(9-10-25-8-3-2-7-19(25)27)14-15-5-4-6-16(11-15)20-22-17(13-21)12-18(26)23-20/h4-6,11-12H,2-3,7-10,13-14,21H2,1H3,(H,22,23,26). The minimum absolute atomic E-state index is 0.200. The maximum atomic E-state index is 11.9. The van der Waals surface area contributed by atoms with Crippen LogP contribution >= 0.6 is 0 Å². The van der Waals surface area contributed by atoms with Gasteiger partial charge >= 0.3 is 0 Å². The van der Waals surface area contributed by atoms with Gasteiger partial charge in [-0.25, -0.2) is 4.98 Å². The molecule has 1 amide bonds. The van der Waals surface area contributed by atoms with Gasteiger partial charge < -0.3 is 20.5 Å². The van der Waals surface area contributed by atoms with Gasteiger partial charge in [0.2, 0.25) is 5.91 Å². The summed E-state index contributed by atoms with van der Waals surface area (Å²) in [6.07, 6.45) is 2.79. The Balaban J connectivity index is 1.64. The molecule has 3 N–H and O–H groups in total. The summed E-state index contributed by atoms with van der Waals surface area (Å²) in [5.74, 6) is 0.804. The van der Waals surface area contributed by atoms with Crippen molar-refractivity contribution in [1.29, 1.82) is 0 Å². The van der Waals surface area contributed by atoms with Gasteiger partial charge in [0, 0.05) is 50.8 Å². The Morgan fingerprint density at radius 3 is 2.89 bits per heavy atom. The number of aromatic nitrogens is 2. The van der Waals surface area contributed by atoms with E-state index < -0.39 is 0 Å². The molecule has 1 aliphatic heterocycles. The van der Waals surface area contributed by atoms with Crippen LogP contribution in [0, 0.1) is 0 Å². The van der Waals surface area contributed by atoms with Crippen LogP contribution in [0.5, 0.6) is 0 Å². The van der Waals surface area contributed by atoms with Gasteiger partial charge in [0.1, 0.15) is 5.82 Å². The lowest BCUT2D eigenvalue weighted by Crippen LogP contribution is -2.40. The van der Waals surface area contributed by atoms with Gasteiger partial charge in [-0.3, -0.25) is 9.59 Å². The molecule has 2 heterocycles. The smallest absolute Gasteiger partial charge is 0.251 e. The van der Waals surface area contributed by atoms with E-state index in [1.54, 1.807) is 0 Å². The highest BCUT2D eigenvalue weighted by molar-refractivity contribution is 5.76. The highest BCUT2D eigenvalue weighted by Crippen LogP contribution is 2.17. The molecule has 0 bridgehead atoms. The number of aromatic amines is 1. The Hall–Kier alpha value is -2.51. The first-order chi connectivity index (χ1) is 13.0. The Morgan fingerprint density at radius 2 is 2.11 bits per heavy atom. The van der Waals surface area contributed by atoms with Crippen LogP contribution in [0.3, 0.4) is 0 Å². The number of nitrogens with zero attached hydrogens (tertiary/aromatic N) is 3. The number of likely N-dealkylation sites (tertiary alicyclic amines) is 1. The van der Waals surface area contributed by atoms with E-state index in [2.05, 4.69) is 28.0 Å². The Morgan fingerprint density at radius 1 is 1.26 bits per heavy atom. The van der Waals surface area contributed by atoms with Crippen LogP contribution in [0.2, 0.25) is 0 Å². The van der Waals surface area contributed by atoms with Crippen molar-refractivity contribution >= 4 is 5.91 Å². The highest BCUT2D eigenvalue weighted by Gasteiger charge is 2.17. The van der Waals surface area contributed by atoms with Crippen molar-refractivity contribution in [1.82, 2.24) is 19.8 Å². The molecule has 7 nitrogen and oxygen atoms in total. The number of H-pyrrole nitrogens is 1. The lowest BCUT2D eigenvalue weighted by Gasteiger charge is -2.28. The number of rotatable bonds is 7. The molecule has 1 saturated heterocycles. The zero-order valence-electron chi connectivity index (χ0n) is 15.8. The summed E-state index contributed by atoms with van der Waals surface area (Å²) in [5, 5.41) is 0. The molecular weight excluding hydrogens is 342 g/mol. The maximum absolute atomic E-state index is 11.9. The van der Waals surface area contributed by atoms with Crippen molar-refractivity contribution in [2.45, 2.75) is 32.4 Å². The molecule has 1 fully saturated rings. The average Bonchev–Trinajstić information content (AvgIpc) is 2.67. The predicted molar refractivity (Wildman–Crippen MR) is 105 cm³/mol. The zero-order chi connectivity index (χ0) is 19.2. The van der Waals surface area contributed by atoms with Gasteiger partial charge in [0.05, 0.1) is 5.69 Å². The number of piperidine rings is 1. The van der Waals surface area contributed by atoms with Gasteiger partial charge in [-0.15, -0.1) is 0 Å². The van der Waals surface area contributed by atoms with Gasteiger partial charge in [-0.2, -0.15) is 0 Å². The van der Waals surface area contributed by atoms with Crippen molar-refractivity contribution < 1.29 is 4.79 Å². The second-order valence-electron chi connectivity index (χ2n) is 7.07. The van der Waals surface area contributed by atoms with Crippen LogP contribution in [0.4, 0.5) is 0 Å². The number of carbonyl (C=O) groups excluding carboxylic acids is 1. The van der Waals surface area contributed by atoms with E-state index in [0.717, 1.165) is 50.1 Å². The third-order valence-electron chi connectivity index (χ3n) is 4.83. The fourth-order valence-corrected chi connectivity index (χ4v) is 3.35. The first kappa shape index (κ1) is 19.3. The van der Waals surface area contributed by atoms with E-state index in [0.29, 0.717) is 17.9 Å². The number of carbonyl (C=O) groups is 1. The summed E-state index contributed by atoms with van der Waals surface area (Å²) >= 11 is 0. The predicted octanol–water partition coefficient (Wildman–Crippen LogP) is 1.34. The van der Waals surface area contributed by atoms with E-state index in [-0.39, 0.29) is 18.0 Å². The van der Waals surface area contributed by atoms with Crippen LogP contribution < -0.4 is 11.3 Å². The molecule has 1 aromatic carbocycles. The number of hydrogen-bond acceptors (Lipinski definition) is 5. The molecule has 0 aliphatic carbocycles. The third kappa shape index (κ3) is 5.24. The van der Waals surface area contributed by atoms with Crippen LogP contribution in [0.25, 0.3) is 11.4 Å². The number of nitrogens with two attached hydrogens (primary N) is 1. The lowest BCUT2D eigenvalue weighted by atomic mass is 10.1. The fourth-order valence-electron chi connectivity index (χ4n) is 3.35. The molecule has 0 atom stereocenters. The van der Waals surface area contributed by atoms with Gasteiger partial charge in [0.25, 0.3) is 5.56 Å². The molecule has 1 aliphatic rings. The minimum atomic E-state index is -0.200. The summed E-state index contributed by atoms with van der Waals surface area (Å²) in [7, 11) is 2.05. The summed E-state index contributed by atoms with van der Waals surface area (Å²) in [6, 6.07) is 9.39. The zero-order valence-corrected chi connectivity index (χ0v) is 15.8. The molecule has 0 spiro atoms. The van der Waals surface area contributed by atoms with E-state index in [1.165, 1.54) is 6.07 Å². The number of nitrogens with one attached hydrogen (secondary N) is 1. The fraction of sp³-hybridized carbons (Fsp3) is 0.450. The van der Waals surface area contributed by atoms with Crippen molar-refractivity contribution in [2.75, 3.05) is 26.7 Å². The first-order valence-electron chi connectivity index (χ1n) is 9.41. The summed E-state index contributed by atoms with van der Waals surface area (Å²) < 4.78 is 0. The SMILES string of the molecule is CN(CCN1CCCCC1=O)Cc1cccc(-c2nc(CN)cc(=O)[nH]2)c1. The average molecular weight is 369 g/mol. The minimum Gasteiger partial charge on any atom is -0.341 e. The monoisotopic (exact) mass is 369 g/mol. The van der Waals surface area contributed by atoms with E-state index >= 15 is 0 Å². The highest BCUT2D eigenvalue weighted by atomic mass is 16.2. The number of hydrogen-bond donors (Lipinski definition) is 2. The van der Waals surface area contributed by atoms with E-state index in [1.807, 2.05) is 23.1 Å². The Bertz CT molecular complexity index is 848. The second-order valence-corrected chi connectivity index (χ2v) is 7.07. The molecular formula is C20H27N5O2. The second kappa shape index (κ2) is 8.92. The topological polar surface area (TPSA) is 95.3 Å². The molecule has 27 heavy (non-hydrogen) atoms. The Kier molecular flexibility index (Phi) is 6.36. The van der Waals surface area contributed by atoms with Crippen molar-refractivity contribution in [2.24, 2.45) is 5.73 Å². The molecule has 0 unspecified atom stereocenters. The first-order valence-corrected chi connectivity index (χ1v) is 9.41. The Labute approximate surface area is 159 Å². The molecule has 1 aromatic heterocycles. The van der Waals surface area contributed by atoms with Gasteiger partial charge in [-0.1, -0.05) is 18.2 Å². The molecule has 3 rings (SSSR count). The largest absolute Gasteiger partial charge is 0.341 e. The van der Waals surface area contributed by atoms with Crippen LogP contribution in [-0.4, -0.2) is 52.4 Å². The van der Waals surface area contributed by atoms with E-state index in [9.17, 15) is 9.59 Å². The molecule has 0 saturated carbocycles. The summed E-state index contributed by atoms with van der Waals surface area (Å²) in [5.41, 5.74) is 7.97. The van der Waals surface area contributed by atoms with Crippen molar-refractivity contribution in [3.8, 4) is 11.4 Å². The number of benzene rings is 1. The van der Waals surface area contributed by atoms with Crippen LogP contribution in [0.15, 0.2) is 35.1 Å². The molecule has 2 aromatic rings. The normalized spacial score (nSPS) is 14.8. The quantitative estimate of drug-likeness (QED) is 0.768. The van der Waals surface area contributed by atoms with Gasteiger partial charge in [-0.05, 0) is 31.5 Å². The molecule has 0 radical (unpaired) electrons. The summed E-state index contributed by atoms with van der Waals surface area (Å²) in [6.45, 7) is 3.46. The summed E-state index contributed by atoms with van der Waals surface area (Å²) in [4.78, 5) is 35.0. The van der Waals surface area contributed by atoms with Crippen LogP contribution in [0.1, 0.15) is 30.5 Å². The molecule has 7 heteroatoms. The van der Waals surface area contributed by atoms with Gasteiger partial charge in [0.15, 0.2) is 0 Å². The van der Waals surface area contributed by atoms with Crippen molar-refractivity contribution in [3.05, 3.63) is 51.9 Å². The maximum Gasteiger partial charge on any atom is 0.251 e. The third-order valence-corrected chi connectivity index (χ3v) is 4.83.